The molecule has 3 aromatic carbocycles. The van der Waals surface area contributed by atoms with Gasteiger partial charge in [0.15, 0.2) is 5.78 Å². The van der Waals surface area contributed by atoms with Gasteiger partial charge in [0.25, 0.3) is 0 Å². The lowest BCUT2D eigenvalue weighted by Crippen LogP contribution is -2.54. The van der Waals surface area contributed by atoms with Crippen LogP contribution < -0.4 is 42.5 Å². The number of nitrogens with one attached hydrogen (secondary N) is 8. The molecule has 0 saturated heterocycles. The van der Waals surface area contributed by atoms with Gasteiger partial charge in [-0.25, -0.2) is 4.79 Å². The van der Waals surface area contributed by atoms with E-state index < -0.39 is 127 Å². The zero-order valence-corrected chi connectivity index (χ0v) is 51.3. The predicted molar refractivity (Wildman–Crippen MR) is 320 cm³/mol. The molecule has 0 saturated carbocycles. The molecule has 0 aliphatic rings. The van der Waals surface area contributed by atoms with Crippen molar-refractivity contribution in [2.75, 3.05) is 32.7 Å². The molecule has 24 nitrogen and oxygen atoms in total. The fourth-order valence-electron chi connectivity index (χ4n) is 8.38. The molecule has 24 heteroatoms. The van der Waals surface area contributed by atoms with Gasteiger partial charge in [-0.15, -0.1) is 0 Å². The molecule has 8 amide bonds. The minimum Gasteiger partial charge on any atom is -0.460 e. The Morgan fingerprint density at radius 3 is 1.51 bits per heavy atom. The van der Waals surface area contributed by atoms with Crippen LogP contribution in [0.5, 0.6) is 0 Å². The summed E-state index contributed by atoms with van der Waals surface area (Å²) in [7, 11) is 0. The average molecular weight is 1210 g/mol. The van der Waals surface area contributed by atoms with Gasteiger partial charge in [-0.1, -0.05) is 105 Å². The van der Waals surface area contributed by atoms with Gasteiger partial charge in [0, 0.05) is 31.7 Å². The molecule has 4 atom stereocenters. The van der Waals surface area contributed by atoms with Gasteiger partial charge in [0.2, 0.25) is 41.4 Å². The summed E-state index contributed by atoms with van der Waals surface area (Å²) in [5.74, 6) is -7.84. The van der Waals surface area contributed by atoms with Gasteiger partial charge in [-0.2, -0.15) is 0 Å². The normalized spacial score (nSPS) is 12.5. The Hall–Kier alpha value is -8.70. The third kappa shape index (κ3) is 33.5. The minimum atomic E-state index is -1.46. The first kappa shape index (κ1) is 72.6. The van der Waals surface area contributed by atoms with Crippen molar-refractivity contribution >= 4 is 71.1 Å². The first-order valence-corrected chi connectivity index (χ1v) is 29.3. The fraction of sp³-hybridized carbons (Fsp3) is 0.524. The van der Waals surface area contributed by atoms with Crippen LogP contribution in [0.1, 0.15) is 136 Å². The average Bonchev–Trinajstić information content (AvgIpc) is 3.59. The molecule has 476 valence electrons. The molecule has 0 aliphatic carbocycles. The lowest BCUT2D eigenvalue weighted by Gasteiger charge is -2.23. The summed E-state index contributed by atoms with van der Waals surface area (Å²) < 4.78 is 21.0. The highest BCUT2D eigenvalue weighted by molar-refractivity contribution is 5.94. The van der Waals surface area contributed by atoms with Crippen LogP contribution in [-0.4, -0.2) is 133 Å². The summed E-state index contributed by atoms with van der Waals surface area (Å²) in [5, 5.41) is 20.5. The summed E-state index contributed by atoms with van der Waals surface area (Å²) in [6, 6.07) is 23.0. The highest BCUT2D eigenvalue weighted by Gasteiger charge is 2.30. The first-order valence-electron chi connectivity index (χ1n) is 29.3. The van der Waals surface area contributed by atoms with Gasteiger partial charge in [0.05, 0.1) is 19.0 Å². The van der Waals surface area contributed by atoms with Crippen molar-refractivity contribution in [2.24, 2.45) is 11.8 Å². The summed E-state index contributed by atoms with van der Waals surface area (Å²) >= 11 is 0. The number of hydrogen-bond donors (Lipinski definition) is 8. The standard InChI is InChI=1S/C63H88N8O16/c1-42(2)34-46(27-29-50(72)49(35-43-20-12-9-13-21-43)70-54(76)37-68-61(83)87-63(6,7)8)58(80)66-36-53(75)64-33-19-18-26-47(69-52(74)31-32-55(77)86-62(3,4)5)60(82)71-48(59(81)67-39-57(79)85-41-45-24-16-11-17-25-45)28-30-51(73)65-38-56(78)84-40-44-22-14-10-15-23-44/h9-17,20-25,42,46-49H,18-19,26-41H2,1-8H3,(H,64,75)(H,65,73)(H,66,80)(H,67,81)(H,68,83)(H,69,74)(H,70,76)(H,71,82). The molecule has 87 heavy (non-hydrogen) atoms. The number of unbranched alkanes of at least 4 members (excludes halogenated alkanes) is 1. The molecule has 0 fully saturated rings. The lowest BCUT2D eigenvalue weighted by molar-refractivity contribution is -0.155. The van der Waals surface area contributed by atoms with E-state index in [9.17, 15) is 57.5 Å². The number of amides is 8. The minimum absolute atomic E-state index is 0.0254. The second kappa shape index (κ2) is 38.4. The molecule has 8 N–H and O–H groups in total. The van der Waals surface area contributed by atoms with E-state index in [4.69, 9.17) is 18.9 Å². The number of ketones is 1. The second-order valence-electron chi connectivity index (χ2n) is 23.2. The van der Waals surface area contributed by atoms with Gasteiger partial charge >= 0.3 is 24.0 Å². The number of hydrogen-bond acceptors (Lipinski definition) is 16. The van der Waals surface area contributed by atoms with Crippen molar-refractivity contribution in [1.82, 2.24) is 42.5 Å². The van der Waals surface area contributed by atoms with E-state index in [0.29, 0.717) is 12.0 Å². The Labute approximate surface area is 509 Å². The zero-order chi connectivity index (χ0) is 64.4. The van der Waals surface area contributed by atoms with E-state index in [1.807, 2.05) is 32.0 Å². The van der Waals surface area contributed by atoms with E-state index in [0.717, 1.165) is 11.1 Å². The maximum Gasteiger partial charge on any atom is 0.408 e. The first-order chi connectivity index (χ1) is 41.1. The maximum absolute atomic E-state index is 14.1. The van der Waals surface area contributed by atoms with Crippen molar-refractivity contribution in [3.8, 4) is 0 Å². The molecule has 0 bridgehead atoms. The van der Waals surface area contributed by atoms with Gasteiger partial charge in [0.1, 0.15) is 56.1 Å². The van der Waals surface area contributed by atoms with Crippen molar-refractivity contribution in [3.05, 3.63) is 108 Å². The lowest BCUT2D eigenvalue weighted by atomic mass is 9.89. The molecule has 0 aromatic heterocycles. The molecule has 3 aromatic rings. The monoisotopic (exact) mass is 1210 g/mol. The van der Waals surface area contributed by atoms with E-state index in [1.165, 1.54) is 0 Å². The summed E-state index contributed by atoms with van der Waals surface area (Å²) in [4.78, 5) is 157. The molecule has 0 heterocycles. The Balaban J connectivity index is 1.65. The third-order valence-corrected chi connectivity index (χ3v) is 12.6. The number of ether oxygens (including phenoxy) is 4. The highest BCUT2D eigenvalue weighted by atomic mass is 16.6. The van der Waals surface area contributed by atoms with Gasteiger partial charge in [-0.05, 0) is 109 Å². The molecule has 0 spiro atoms. The van der Waals surface area contributed by atoms with Crippen LogP contribution in [-0.2, 0) is 91.3 Å². The summed E-state index contributed by atoms with van der Waals surface area (Å²) in [6.07, 6.45) is -1.17. The quantitative estimate of drug-likeness (QED) is 0.0227. The number of Topliss-reactive ketones (excluding diaryl/α,β-unsaturated/α-hetero) is 1. The van der Waals surface area contributed by atoms with Crippen molar-refractivity contribution < 1.29 is 76.5 Å². The van der Waals surface area contributed by atoms with Crippen LogP contribution in [0.4, 0.5) is 4.79 Å². The number of carbonyl (C=O) groups is 12. The van der Waals surface area contributed by atoms with Crippen LogP contribution >= 0.6 is 0 Å². The molecule has 3 rings (SSSR count). The number of benzene rings is 3. The number of alkyl carbamates (subject to hydrolysis) is 1. The molecule has 4 unspecified atom stereocenters. The van der Waals surface area contributed by atoms with E-state index in [2.05, 4.69) is 42.5 Å². The zero-order valence-electron chi connectivity index (χ0n) is 51.3. The number of rotatable bonds is 37. The Morgan fingerprint density at radius 2 is 0.943 bits per heavy atom. The van der Waals surface area contributed by atoms with E-state index >= 15 is 0 Å². The predicted octanol–water partition coefficient (Wildman–Crippen LogP) is 4.24. The fourth-order valence-corrected chi connectivity index (χ4v) is 8.38. The third-order valence-electron chi connectivity index (χ3n) is 12.6. The van der Waals surface area contributed by atoms with Gasteiger partial charge in [-0.3, -0.25) is 52.7 Å². The Morgan fingerprint density at radius 1 is 0.425 bits per heavy atom. The van der Waals surface area contributed by atoms with Crippen molar-refractivity contribution in [3.63, 3.8) is 0 Å². The Bertz CT molecular complexity index is 2730. The van der Waals surface area contributed by atoms with Crippen molar-refractivity contribution in [2.45, 2.75) is 169 Å². The van der Waals surface area contributed by atoms with E-state index in [-0.39, 0.29) is 95.7 Å². The SMILES string of the molecule is CC(C)CC(CCC(=O)C(Cc1ccccc1)NC(=O)CNC(=O)OC(C)(C)C)C(=O)NCC(=O)NCCCCC(NC(=O)CCC(=O)OC(C)(C)C)C(=O)NC(CCC(=O)NCC(=O)OCc1ccccc1)C(=O)NCC(=O)OCc1ccccc1. The van der Waals surface area contributed by atoms with Crippen LogP contribution in [0, 0.1) is 11.8 Å². The smallest absolute Gasteiger partial charge is 0.408 e. The van der Waals surface area contributed by atoms with Crippen LogP contribution in [0.15, 0.2) is 91.0 Å². The van der Waals surface area contributed by atoms with Gasteiger partial charge < -0.3 is 61.5 Å². The summed E-state index contributed by atoms with van der Waals surface area (Å²) in [5.41, 5.74) is 0.594. The van der Waals surface area contributed by atoms with Crippen LogP contribution in [0.2, 0.25) is 0 Å². The van der Waals surface area contributed by atoms with Crippen LogP contribution in [0.25, 0.3) is 0 Å². The molecule has 0 radical (unpaired) electrons. The summed E-state index contributed by atoms with van der Waals surface area (Å²) in [6.45, 7) is 11.9. The largest absolute Gasteiger partial charge is 0.460 e. The molecular formula is C63H88N8O16. The maximum atomic E-state index is 14.1. The topological polar surface area (TPSA) is 338 Å². The van der Waals surface area contributed by atoms with E-state index in [1.54, 1.807) is 114 Å². The second-order valence-corrected chi connectivity index (χ2v) is 23.2. The molecule has 0 aliphatic heterocycles. The Kier molecular flexibility index (Phi) is 32.0. The van der Waals surface area contributed by atoms with Crippen molar-refractivity contribution in [1.29, 1.82) is 0 Å². The number of carbonyl (C=O) groups excluding carboxylic acids is 12. The highest BCUT2D eigenvalue weighted by Crippen LogP contribution is 2.20. The molecular weight excluding hydrogens is 1120 g/mol. The van der Waals surface area contributed by atoms with Crippen LogP contribution in [0.3, 0.4) is 0 Å². The number of esters is 3.